The van der Waals surface area contributed by atoms with Gasteiger partial charge in [-0.1, -0.05) is 25.1 Å². The molecule has 216 valence electrons. The third kappa shape index (κ3) is 12.1. The molecule has 0 spiro atoms. The van der Waals surface area contributed by atoms with Crippen LogP contribution in [0.25, 0.3) is 10.9 Å². The molecule has 2 aromatic rings. The number of carbonyl (C=O) groups excluding carboxylic acids is 3. The van der Waals surface area contributed by atoms with Crippen molar-refractivity contribution in [2.24, 2.45) is 5.92 Å². The fourth-order valence-corrected chi connectivity index (χ4v) is 4.22. The van der Waals surface area contributed by atoms with Gasteiger partial charge in [-0.2, -0.15) is 0 Å². The average Bonchev–Trinajstić information content (AvgIpc) is 3.24. The van der Waals surface area contributed by atoms with Crippen molar-refractivity contribution in [2.45, 2.75) is 59.0 Å². The van der Waals surface area contributed by atoms with Gasteiger partial charge in [-0.25, -0.2) is 0 Å². The highest BCUT2D eigenvalue weighted by Crippen LogP contribution is 2.22. The first-order chi connectivity index (χ1) is 18.7. The zero-order valence-corrected chi connectivity index (χ0v) is 23.4. The first kappa shape index (κ1) is 32.1. The number of nitrogens with zero attached hydrogens (tertiary/aromatic N) is 2. The van der Waals surface area contributed by atoms with Crippen LogP contribution in [0.2, 0.25) is 0 Å². The molecule has 0 radical (unpaired) electrons. The smallest absolute Gasteiger partial charge is 0.303 e. The molecule has 0 saturated carbocycles. The summed E-state index contributed by atoms with van der Waals surface area (Å²) in [6.07, 6.45) is 0.524. The number of carboxylic acids is 1. The molecule has 0 saturated heterocycles. The fourth-order valence-electron chi connectivity index (χ4n) is 4.22. The van der Waals surface area contributed by atoms with Crippen molar-refractivity contribution in [3.8, 4) is 0 Å². The summed E-state index contributed by atoms with van der Waals surface area (Å²) in [5.74, 6) is -2.07. The van der Waals surface area contributed by atoms with Crippen LogP contribution in [-0.4, -0.2) is 84.6 Å². The number of fused-ring (bicyclic) bond motifs is 1. The van der Waals surface area contributed by atoms with Crippen molar-refractivity contribution in [1.82, 2.24) is 14.8 Å². The van der Waals surface area contributed by atoms with Crippen LogP contribution >= 0.6 is 0 Å². The predicted octanol–water partition coefficient (Wildman–Crippen LogP) is 3.05. The van der Waals surface area contributed by atoms with Crippen molar-refractivity contribution in [1.29, 1.82) is 0 Å². The van der Waals surface area contributed by atoms with Gasteiger partial charge in [0, 0.05) is 62.4 Å². The number of benzene rings is 1. The molecule has 0 unspecified atom stereocenters. The lowest BCUT2D eigenvalue weighted by atomic mass is 9.95. The Morgan fingerprint density at radius 2 is 1.74 bits per heavy atom. The number of amides is 1. The molecule has 10 nitrogen and oxygen atoms in total. The van der Waals surface area contributed by atoms with Crippen LogP contribution in [0.5, 0.6) is 0 Å². The summed E-state index contributed by atoms with van der Waals surface area (Å²) in [5, 5.41) is 13.0. The molecular weight excluding hydrogens is 502 g/mol. The Morgan fingerprint density at radius 3 is 2.44 bits per heavy atom. The van der Waals surface area contributed by atoms with E-state index >= 15 is 0 Å². The van der Waals surface area contributed by atoms with Gasteiger partial charge in [-0.3, -0.25) is 19.2 Å². The second-order valence-electron chi connectivity index (χ2n) is 9.77. The lowest BCUT2D eigenvalue weighted by Gasteiger charge is -2.18. The number of aliphatic carboxylic acids is 1. The molecule has 0 aliphatic carbocycles. The van der Waals surface area contributed by atoms with Crippen LogP contribution in [0, 0.1) is 5.92 Å². The Morgan fingerprint density at radius 1 is 1.03 bits per heavy atom. The van der Waals surface area contributed by atoms with E-state index in [1.165, 1.54) is 6.92 Å². The van der Waals surface area contributed by atoms with E-state index in [4.69, 9.17) is 14.6 Å². The molecule has 1 atom stereocenters. The van der Waals surface area contributed by atoms with Crippen molar-refractivity contribution in [3.63, 3.8) is 0 Å². The van der Waals surface area contributed by atoms with Gasteiger partial charge in [0.25, 0.3) is 0 Å². The number of aryl methyl sites for hydroxylation is 1. The van der Waals surface area contributed by atoms with Gasteiger partial charge in [-0.05, 0) is 44.5 Å². The zero-order chi connectivity index (χ0) is 28.6. The number of ether oxygens (including phenoxy) is 2. The van der Waals surface area contributed by atoms with Crippen LogP contribution in [0.4, 0.5) is 0 Å². The maximum Gasteiger partial charge on any atom is 0.303 e. The molecule has 0 fully saturated rings. The summed E-state index contributed by atoms with van der Waals surface area (Å²) in [4.78, 5) is 49.9. The lowest BCUT2D eigenvalue weighted by Crippen LogP contribution is -2.35. The van der Waals surface area contributed by atoms with Crippen LogP contribution in [0.3, 0.4) is 0 Å². The van der Waals surface area contributed by atoms with E-state index in [2.05, 4.69) is 40.9 Å². The van der Waals surface area contributed by atoms with Crippen LogP contribution in [0.1, 0.15) is 51.6 Å². The predicted molar refractivity (Wildman–Crippen MR) is 148 cm³/mol. The number of rotatable bonds is 21. The SMILES string of the molecule is CCN(C)Cc1cc2ccccc2n1CCC(=O)C[C@@H](CCC(=O)O)C(=O)NCCOCCOCCC(C)=O. The summed E-state index contributed by atoms with van der Waals surface area (Å²) in [6, 6.07) is 10.2. The summed E-state index contributed by atoms with van der Waals surface area (Å²) in [6.45, 7) is 7.30. The standard InChI is InChI=1S/C29H43N3O7/c1-4-31(3)21-25-19-23-7-5-6-8-27(23)32(25)14-11-26(34)20-24(9-10-28(35)36)29(37)30-13-16-39-18-17-38-15-12-22(2)33/h5-8,19,24H,4,9-18,20-21H2,1-3H3,(H,30,37)(H,35,36)/t24-/m1/s1. The van der Waals surface area contributed by atoms with Crippen LogP contribution in [0.15, 0.2) is 30.3 Å². The topological polar surface area (TPSA) is 127 Å². The number of hydrogen-bond acceptors (Lipinski definition) is 7. The van der Waals surface area contributed by atoms with Crippen molar-refractivity contribution in [3.05, 3.63) is 36.0 Å². The molecule has 1 aromatic heterocycles. The number of aromatic nitrogens is 1. The first-order valence-electron chi connectivity index (χ1n) is 13.6. The van der Waals surface area contributed by atoms with E-state index in [1.807, 2.05) is 18.2 Å². The Labute approximate surface area is 230 Å². The van der Waals surface area contributed by atoms with Crippen molar-refractivity contribution in [2.75, 3.05) is 46.6 Å². The molecule has 1 amide bonds. The van der Waals surface area contributed by atoms with E-state index in [1.54, 1.807) is 0 Å². The van der Waals surface area contributed by atoms with Gasteiger partial charge in [-0.15, -0.1) is 0 Å². The number of para-hydroxylation sites is 1. The quantitative estimate of drug-likeness (QED) is 0.229. The fraction of sp³-hybridized carbons (Fsp3) is 0.586. The van der Waals surface area contributed by atoms with E-state index in [9.17, 15) is 19.2 Å². The lowest BCUT2D eigenvalue weighted by molar-refractivity contribution is -0.138. The van der Waals surface area contributed by atoms with Gasteiger partial charge >= 0.3 is 5.97 Å². The second kappa shape index (κ2) is 17.5. The minimum absolute atomic E-state index is 0.00659. The highest BCUT2D eigenvalue weighted by atomic mass is 16.5. The van der Waals surface area contributed by atoms with E-state index in [-0.39, 0.29) is 56.3 Å². The Hall–Kier alpha value is -3.08. The molecule has 39 heavy (non-hydrogen) atoms. The van der Waals surface area contributed by atoms with Crippen LogP contribution in [-0.2, 0) is 41.7 Å². The van der Waals surface area contributed by atoms with E-state index in [0.717, 1.165) is 29.7 Å². The van der Waals surface area contributed by atoms with Crippen LogP contribution < -0.4 is 5.32 Å². The number of carbonyl (C=O) groups is 4. The second-order valence-corrected chi connectivity index (χ2v) is 9.77. The zero-order valence-electron chi connectivity index (χ0n) is 23.4. The minimum atomic E-state index is -1.00. The number of ketones is 2. The van der Waals surface area contributed by atoms with Crippen molar-refractivity contribution >= 4 is 34.3 Å². The Kier molecular flexibility index (Phi) is 14.4. The first-order valence-corrected chi connectivity index (χ1v) is 13.6. The number of nitrogens with one attached hydrogen (secondary N) is 1. The van der Waals surface area contributed by atoms with Gasteiger partial charge < -0.3 is 29.4 Å². The molecule has 10 heteroatoms. The summed E-state index contributed by atoms with van der Waals surface area (Å²) < 4.78 is 12.9. The monoisotopic (exact) mass is 545 g/mol. The molecule has 2 rings (SSSR count). The number of hydrogen-bond donors (Lipinski definition) is 2. The van der Waals surface area contributed by atoms with Gasteiger partial charge in [0.2, 0.25) is 5.91 Å². The average molecular weight is 546 g/mol. The van der Waals surface area contributed by atoms with Gasteiger partial charge in [0.15, 0.2) is 0 Å². The summed E-state index contributed by atoms with van der Waals surface area (Å²) in [5.41, 5.74) is 2.19. The third-order valence-corrected chi connectivity index (χ3v) is 6.55. The number of Topliss-reactive ketones (excluding diaryl/α,β-unsaturated/α-hetero) is 2. The van der Waals surface area contributed by atoms with Crippen molar-refractivity contribution < 1.29 is 33.8 Å². The molecule has 2 N–H and O–H groups in total. The van der Waals surface area contributed by atoms with Gasteiger partial charge in [0.05, 0.1) is 26.4 Å². The maximum absolute atomic E-state index is 13.0. The normalized spacial score (nSPS) is 12.1. The molecule has 1 aromatic carbocycles. The Bertz CT molecular complexity index is 1080. The number of carboxylic acid groups (broad SMARTS) is 1. The molecule has 0 aliphatic heterocycles. The molecule has 0 aliphatic rings. The Balaban J connectivity index is 1.87. The third-order valence-electron chi connectivity index (χ3n) is 6.55. The molecule has 1 heterocycles. The highest BCUT2D eigenvalue weighted by molar-refractivity contribution is 5.87. The van der Waals surface area contributed by atoms with E-state index < -0.39 is 11.9 Å². The maximum atomic E-state index is 13.0. The molecular formula is C29H43N3O7. The largest absolute Gasteiger partial charge is 0.481 e. The minimum Gasteiger partial charge on any atom is -0.481 e. The van der Waals surface area contributed by atoms with E-state index in [0.29, 0.717) is 32.8 Å². The highest BCUT2D eigenvalue weighted by Gasteiger charge is 2.23. The summed E-state index contributed by atoms with van der Waals surface area (Å²) >= 11 is 0. The summed E-state index contributed by atoms with van der Waals surface area (Å²) in [7, 11) is 2.05. The van der Waals surface area contributed by atoms with Gasteiger partial charge in [0.1, 0.15) is 11.6 Å². The molecule has 0 bridgehead atoms.